The fourth-order valence-electron chi connectivity index (χ4n) is 1.42. The van der Waals surface area contributed by atoms with Gasteiger partial charge in [0.25, 0.3) is 5.54 Å². The van der Waals surface area contributed by atoms with Crippen LogP contribution in [0.5, 0.6) is 0 Å². The van der Waals surface area contributed by atoms with Crippen LogP contribution in [-0.4, -0.2) is 58.4 Å². The number of hydrogen-bond donors (Lipinski definition) is 2. The zero-order valence-corrected chi connectivity index (χ0v) is 13.6. The lowest BCUT2D eigenvalue weighted by atomic mass is 10.0. The highest BCUT2D eigenvalue weighted by molar-refractivity contribution is 8.54. The van der Waals surface area contributed by atoms with E-state index < -0.39 is 29.7 Å². The van der Waals surface area contributed by atoms with Crippen molar-refractivity contribution in [3.05, 3.63) is 10.1 Å². The molecule has 0 bridgehead atoms. The van der Waals surface area contributed by atoms with Crippen molar-refractivity contribution in [2.45, 2.75) is 31.6 Å². The maximum Gasteiger partial charge on any atom is 0.386 e. The molecule has 0 radical (unpaired) electrons. The van der Waals surface area contributed by atoms with Crippen LogP contribution in [0.4, 0.5) is 0 Å². The van der Waals surface area contributed by atoms with Crippen LogP contribution in [0.1, 0.15) is 20.3 Å². The third-order valence-electron chi connectivity index (χ3n) is 2.82. The van der Waals surface area contributed by atoms with Gasteiger partial charge >= 0.3 is 6.80 Å². The van der Waals surface area contributed by atoms with Crippen LogP contribution in [0, 0.1) is 10.1 Å². The molecule has 11 heteroatoms. The number of hydrogen-bond acceptors (Lipinski definition) is 8. The van der Waals surface area contributed by atoms with Gasteiger partial charge in [-0.1, -0.05) is 0 Å². The first-order valence-electron chi connectivity index (χ1n) is 6.28. The third-order valence-corrected chi connectivity index (χ3v) is 5.91. The van der Waals surface area contributed by atoms with Crippen molar-refractivity contribution < 1.29 is 33.5 Å². The Hall–Kier alpha value is -0.220. The Morgan fingerprint density at radius 1 is 1.43 bits per heavy atom. The minimum Gasteiger partial charge on any atom is -0.396 e. The highest BCUT2D eigenvalue weighted by Crippen LogP contribution is 2.56. The van der Waals surface area contributed by atoms with E-state index in [1.807, 2.05) is 0 Å². The Morgan fingerprint density at radius 3 is 2.48 bits per heavy atom. The number of ether oxygens (including phenoxy) is 2. The second-order valence-corrected chi connectivity index (χ2v) is 9.13. The van der Waals surface area contributed by atoms with E-state index >= 15 is 0 Å². The fraction of sp³-hybridized carbons (Fsp3) is 1.00. The number of nitro groups is 1. The second-order valence-electron chi connectivity index (χ2n) is 5.11. The molecular weight excluding hydrogens is 325 g/mol. The molecule has 0 saturated carbocycles. The van der Waals surface area contributed by atoms with Crippen molar-refractivity contribution in [2.75, 3.05) is 32.2 Å². The molecule has 0 aliphatic carbocycles. The molecule has 0 aromatic heterocycles. The second kappa shape index (κ2) is 7.36. The Morgan fingerprint density at radius 2 is 2.00 bits per heavy atom. The highest BCUT2D eigenvalue weighted by Gasteiger charge is 2.51. The number of rotatable bonds is 8. The van der Waals surface area contributed by atoms with E-state index in [1.165, 1.54) is 0 Å². The van der Waals surface area contributed by atoms with Crippen LogP contribution in [-0.2, 0) is 18.6 Å². The van der Waals surface area contributed by atoms with Crippen LogP contribution in [0.25, 0.3) is 0 Å². The van der Waals surface area contributed by atoms with Gasteiger partial charge in [-0.05, 0) is 31.7 Å². The first-order chi connectivity index (χ1) is 9.63. The van der Waals surface area contributed by atoms with Crippen LogP contribution in [0.2, 0.25) is 0 Å². The lowest BCUT2D eigenvalue weighted by Crippen LogP contribution is -2.58. The monoisotopic (exact) mass is 345 g/mol. The zero-order valence-electron chi connectivity index (χ0n) is 11.9. The van der Waals surface area contributed by atoms with Crippen molar-refractivity contribution in [1.82, 2.24) is 0 Å². The number of aliphatic hydroxyl groups excluding tert-OH is 1. The molecule has 1 fully saturated rings. The van der Waals surface area contributed by atoms with Crippen molar-refractivity contribution in [3.8, 4) is 0 Å². The van der Waals surface area contributed by atoms with Gasteiger partial charge in [0.05, 0.1) is 0 Å². The fourth-order valence-corrected chi connectivity index (χ4v) is 3.85. The maximum absolute atomic E-state index is 11.7. The molecule has 0 amide bonds. The summed E-state index contributed by atoms with van der Waals surface area (Å²) in [5.74, 6) is -0.714. The molecule has 1 unspecified atom stereocenters. The maximum atomic E-state index is 11.7. The van der Waals surface area contributed by atoms with E-state index in [9.17, 15) is 19.6 Å². The molecule has 1 atom stereocenters. The quantitative estimate of drug-likeness (QED) is 0.287. The summed E-state index contributed by atoms with van der Waals surface area (Å²) in [6.07, 6.45) is 0.333. The molecule has 2 N–H and O–H groups in total. The minimum absolute atomic E-state index is 0.109. The topological polar surface area (TPSA) is 128 Å². The lowest BCUT2D eigenvalue weighted by Gasteiger charge is -2.37. The Kier molecular flexibility index (Phi) is 6.60. The SMILES string of the molecule is CC1(C)OCC(COP(=O)(O)SCCCO)([N+](=O)[O-])CO1. The molecule has 124 valence electrons. The highest BCUT2D eigenvalue weighted by atomic mass is 32.7. The summed E-state index contributed by atoms with van der Waals surface area (Å²) in [5, 5.41) is 19.8. The van der Waals surface area contributed by atoms with Gasteiger partial charge in [0.2, 0.25) is 0 Å². The predicted molar refractivity (Wildman–Crippen MR) is 75.6 cm³/mol. The van der Waals surface area contributed by atoms with Crippen molar-refractivity contribution >= 4 is 18.2 Å². The molecule has 1 heterocycles. The Bertz CT molecular complexity index is 408. The van der Waals surface area contributed by atoms with Gasteiger partial charge in [-0.15, -0.1) is 0 Å². The third kappa shape index (κ3) is 5.82. The Labute approximate surface area is 126 Å². The normalized spacial score (nSPS) is 23.4. The van der Waals surface area contributed by atoms with Crippen LogP contribution in [0.15, 0.2) is 0 Å². The summed E-state index contributed by atoms with van der Waals surface area (Å²) in [6.45, 7) is -2.00. The van der Waals surface area contributed by atoms with Crippen LogP contribution in [0.3, 0.4) is 0 Å². The average molecular weight is 345 g/mol. The van der Waals surface area contributed by atoms with E-state index in [0.29, 0.717) is 17.8 Å². The molecule has 0 aromatic rings. The van der Waals surface area contributed by atoms with Gasteiger partial charge in [-0.25, -0.2) is 4.57 Å². The van der Waals surface area contributed by atoms with Gasteiger partial charge < -0.3 is 19.5 Å². The van der Waals surface area contributed by atoms with Crippen molar-refractivity contribution in [3.63, 3.8) is 0 Å². The molecule has 9 nitrogen and oxygen atoms in total. The van der Waals surface area contributed by atoms with E-state index in [-0.39, 0.29) is 25.6 Å². The summed E-state index contributed by atoms with van der Waals surface area (Å²) < 4.78 is 27.1. The standard InChI is InChI=1S/C10H20NO8PS/c1-9(2)17-6-10(7-18-9,11(13)14)8-19-20(15,16)21-5-3-4-12/h12H,3-8H2,1-2H3,(H,15,16). The predicted octanol–water partition coefficient (Wildman–Crippen LogP) is 1.02. The first kappa shape index (κ1) is 18.8. The summed E-state index contributed by atoms with van der Waals surface area (Å²) in [6, 6.07) is 0. The summed E-state index contributed by atoms with van der Waals surface area (Å²) in [7, 11) is 0. The van der Waals surface area contributed by atoms with Gasteiger partial charge in [0, 0.05) is 17.3 Å². The summed E-state index contributed by atoms with van der Waals surface area (Å²) in [5.41, 5.74) is -1.70. The van der Waals surface area contributed by atoms with Gasteiger partial charge in [0.15, 0.2) is 5.79 Å². The molecule has 1 saturated heterocycles. The van der Waals surface area contributed by atoms with Crippen molar-refractivity contribution in [1.29, 1.82) is 0 Å². The Balaban J connectivity index is 2.60. The van der Waals surface area contributed by atoms with Gasteiger partial charge in [-0.2, -0.15) is 0 Å². The average Bonchev–Trinajstić information content (AvgIpc) is 2.38. The van der Waals surface area contributed by atoms with Gasteiger partial charge in [-0.3, -0.25) is 14.6 Å². The molecule has 1 aliphatic rings. The summed E-state index contributed by atoms with van der Waals surface area (Å²) >= 11 is 0.627. The molecular formula is C10H20NO8PS. The molecule has 1 aliphatic heterocycles. The smallest absolute Gasteiger partial charge is 0.386 e. The number of nitrogens with zero attached hydrogens (tertiary/aromatic N) is 1. The molecule has 21 heavy (non-hydrogen) atoms. The molecule has 0 aromatic carbocycles. The zero-order chi connectivity index (χ0) is 16.1. The van der Waals surface area contributed by atoms with E-state index in [0.717, 1.165) is 0 Å². The summed E-state index contributed by atoms with van der Waals surface area (Å²) in [4.78, 5) is 20.2. The largest absolute Gasteiger partial charge is 0.396 e. The number of aliphatic hydroxyl groups is 1. The van der Waals surface area contributed by atoms with Crippen LogP contribution < -0.4 is 0 Å². The van der Waals surface area contributed by atoms with Crippen LogP contribution >= 0.6 is 18.2 Å². The van der Waals surface area contributed by atoms with Crippen molar-refractivity contribution in [2.24, 2.45) is 0 Å². The van der Waals surface area contributed by atoms with E-state index in [1.54, 1.807) is 13.8 Å². The minimum atomic E-state index is -4.01. The van der Waals surface area contributed by atoms with E-state index in [2.05, 4.69) is 0 Å². The molecule has 1 rings (SSSR count). The first-order valence-corrected chi connectivity index (χ1v) is 9.44. The van der Waals surface area contributed by atoms with Gasteiger partial charge in [0.1, 0.15) is 19.8 Å². The molecule has 0 spiro atoms. The lowest BCUT2D eigenvalue weighted by molar-refractivity contribution is -0.597. The van der Waals surface area contributed by atoms with E-state index in [4.69, 9.17) is 19.1 Å².